The Balaban J connectivity index is 3.15. The molecule has 0 aliphatic carbocycles. The largest absolute Gasteiger partial charge is 0.103 e. The molecule has 0 aliphatic rings. The van der Waals surface area contributed by atoms with Crippen molar-refractivity contribution < 1.29 is 0 Å². The van der Waals surface area contributed by atoms with Crippen molar-refractivity contribution in [3.05, 3.63) is 13.8 Å². The summed E-state index contributed by atoms with van der Waals surface area (Å²) < 4.78 is 0. The van der Waals surface area contributed by atoms with E-state index in [0.717, 1.165) is 18.8 Å². The van der Waals surface area contributed by atoms with Gasteiger partial charge in [-0.3, -0.25) is 0 Å². The Morgan fingerprint density at radius 2 is 1.25 bits per heavy atom. The minimum absolute atomic E-state index is 0.925. The molecule has 0 heteroatoms. The van der Waals surface area contributed by atoms with E-state index in [-0.39, 0.29) is 0 Å². The first-order valence-electron chi connectivity index (χ1n) is 8.85. The maximum absolute atomic E-state index is 3.89. The molecule has 2 radical (unpaired) electrons. The van der Waals surface area contributed by atoms with E-state index in [4.69, 9.17) is 0 Å². The summed E-state index contributed by atoms with van der Waals surface area (Å²) >= 11 is 0. The van der Waals surface area contributed by atoms with Gasteiger partial charge in [-0.1, -0.05) is 90.9 Å². The summed E-state index contributed by atoms with van der Waals surface area (Å²) in [5, 5.41) is 0. The van der Waals surface area contributed by atoms with Gasteiger partial charge in [0.05, 0.1) is 0 Å². The van der Waals surface area contributed by atoms with Gasteiger partial charge >= 0.3 is 0 Å². The minimum Gasteiger partial charge on any atom is -0.103 e. The van der Waals surface area contributed by atoms with Crippen molar-refractivity contribution in [2.24, 2.45) is 5.92 Å². The summed E-state index contributed by atoms with van der Waals surface area (Å²) in [6.45, 7) is 9.85. The van der Waals surface area contributed by atoms with E-state index in [0.29, 0.717) is 0 Å². The lowest BCUT2D eigenvalue weighted by atomic mass is 9.96. The monoisotopic (exact) mass is 276 g/mol. The lowest BCUT2D eigenvalue weighted by Gasteiger charge is -2.10. The topological polar surface area (TPSA) is 0 Å². The molecule has 0 nitrogen and oxygen atoms in total. The van der Waals surface area contributed by atoms with Crippen molar-refractivity contribution in [3.63, 3.8) is 0 Å². The smallest absolute Gasteiger partial charge is 0.0198 e. The van der Waals surface area contributed by atoms with Gasteiger partial charge in [-0.2, -0.15) is 0 Å². The highest BCUT2D eigenvalue weighted by Crippen LogP contribution is 2.18. The number of rotatable bonds is 14. The van der Waals surface area contributed by atoms with Crippen LogP contribution in [0.4, 0.5) is 0 Å². The second kappa shape index (κ2) is 16.6. The fourth-order valence-electron chi connectivity index (χ4n) is 2.67. The highest BCUT2D eigenvalue weighted by Gasteiger charge is 2.01. The molecular weight excluding hydrogens is 240 g/mol. The van der Waals surface area contributed by atoms with Crippen LogP contribution in [0.3, 0.4) is 0 Å². The highest BCUT2D eigenvalue weighted by molar-refractivity contribution is 5.00. The van der Waals surface area contributed by atoms with Crippen LogP contribution in [0.1, 0.15) is 96.8 Å². The Labute approximate surface area is 129 Å². The molecular formula is C20H36. The van der Waals surface area contributed by atoms with E-state index in [1.807, 2.05) is 0 Å². The molecule has 116 valence electrons. The molecule has 0 saturated carbocycles. The molecule has 0 rings (SSSR count). The van der Waals surface area contributed by atoms with Gasteiger partial charge in [0.2, 0.25) is 0 Å². The van der Waals surface area contributed by atoms with Crippen molar-refractivity contribution in [3.8, 4) is 11.8 Å². The van der Waals surface area contributed by atoms with Gasteiger partial charge in [-0.15, -0.1) is 11.8 Å². The third-order valence-corrected chi connectivity index (χ3v) is 4.07. The second-order valence-electron chi connectivity index (χ2n) is 6.18. The molecule has 0 heterocycles. The summed E-state index contributed by atoms with van der Waals surface area (Å²) in [5.74, 6) is 6.68. The fourth-order valence-corrected chi connectivity index (χ4v) is 2.67. The summed E-state index contributed by atoms with van der Waals surface area (Å²) in [6, 6.07) is 0. The van der Waals surface area contributed by atoms with E-state index in [9.17, 15) is 0 Å². The normalized spacial score (nSPS) is 11.9. The Kier molecular flexibility index (Phi) is 16.2. The van der Waals surface area contributed by atoms with E-state index >= 15 is 0 Å². The van der Waals surface area contributed by atoms with E-state index in [1.54, 1.807) is 0 Å². The van der Waals surface area contributed by atoms with Gasteiger partial charge < -0.3 is 0 Å². The van der Waals surface area contributed by atoms with Crippen molar-refractivity contribution in [1.29, 1.82) is 0 Å². The first kappa shape index (κ1) is 19.6. The van der Waals surface area contributed by atoms with Crippen LogP contribution >= 0.6 is 0 Å². The maximum atomic E-state index is 3.89. The van der Waals surface area contributed by atoms with Crippen molar-refractivity contribution >= 4 is 0 Å². The van der Waals surface area contributed by atoms with Crippen LogP contribution in [-0.2, 0) is 0 Å². The molecule has 20 heavy (non-hydrogen) atoms. The van der Waals surface area contributed by atoms with Crippen molar-refractivity contribution in [2.75, 3.05) is 0 Å². The van der Waals surface area contributed by atoms with Crippen LogP contribution in [-0.4, -0.2) is 0 Å². The number of hydrogen-bond donors (Lipinski definition) is 0. The maximum Gasteiger partial charge on any atom is 0.0198 e. The molecule has 0 aromatic rings. The SMILES string of the molecule is [CH2]C#CCCCCCCC(C)CCCCCCCC[CH2]. The average molecular weight is 277 g/mol. The summed E-state index contributed by atoms with van der Waals surface area (Å²) in [7, 11) is 0. The number of hydrogen-bond acceptors (Lipinski definition) is 0. The summed E-state index contributed by atoms with van der Waals surface area (Å²) in [5.41, 5.74) is 0. The average Bonchev–Trinajstić information content (AvgIpc) is 2.45. The third kappa shape index (κ3) is 15.6. The molecule has 0 bridgehead atoms. The first-order chi connectivity index (χ1) is 9.81. The predicted molar refractivity (Wildman–Crippen MR) is 92.3 cm³/mol. The lowest BCUT2D eigenvalue weighted by molar-refractivity contribution is 0.433. The Morgan fingerprint density at radius 3 is 1.80 bits per heavy atom. The van der Waals surface area contributed by atoms with Crippen LogP contribution in [0.5, 0.6) is 0 Å². The molecule has 0 aromatic heterocycles. The Morgan fingerprint density at radius 1 is 0.750 bits per heavy atom. The van der Waals surface area contributed by atoms with Crippen LogP contribution in [0.2, 0.25) is 0 Å². The van der Waals surface area contributed by atoms with E-state index < -0.39 is 0 Å². The Bertz CT molecular complexity index is 230. The van der Waals surface area contributed by atoms with Crippen LogP contribution in [0.25, 0.3) is 0 Å². The molecule has 1 atom stereocenters. The zero-order chi connectivity index (χ0) is 14.9. The van der Waals surface area contributed by atoms with E-state index in [2.05, 4.69) is 32.6 Å². The fraction of sp³-hybridized carbons (Fsp3) is 0.800. The third-order valence-electron chi connectivity index (χ3n) is 4.07. The molecule has 0 spiro atoms. The molecule has 0 aromatic carbocycles. The van der Waals surface area contributed by atoms with Crippen LogP contribution in [0.15, 0.2) is 0 Å². The van der Waals surface area contributed by atoms with Gasteiger partial charge in [0, 0.05) is 13.3 Å². The van der Waals surface area contributed by atoms with Gasteiger partial charge in [0.25, 0.3) is 0 Å². The second-order valence-corrected chi connectivity index (χ2v) is 6.18. The lowest BCUT2D eigenvalue weighted by Crippen LogP contribution is -1.95. The van der Waals surface area contributed by atoms with Gasteiger partial charge in [0.15, 0.2) is 0 Å². The van der Waals surface area contributed by atoms with Crippen LogP contribution < -0.4 is 0 Å². The molecule has 0 aliphatic heterocycles. The molecule has 0 saturated heterocycles. The summed E-state index contributed by atoms with van der Waals surface area (Å²) in [4.78, 5) is 0. The number of unbranched alkanes of at least 4 members (excludes halogenated alkanes) is 10. The Hall–Kier alpha value is -0.440. The minimum atomic E-state index is 0.925. The molecule has 0 amide bonds. The quantitative estimate of drug-likeness (QED) is 0.243. The zero-order valence-electron chi connectivity index (χ0n) is 13.9. The van der Waals surface area contributed by atoms with Crippen molar-refractivity contribution in [1.82, 2.24) is 0 Å². The first-order valence-corrected chi connectivity index (χ1v) is 8.85. The highest BCUT2D eigenvalue weighted by atomic mass is 14.1. The molecule has 0 fully saturated rings. The van der Waals surface area contributed by atoms with E-state index in [1.165, 1.54) is 77.0 Å². The van der Waals surface area contributed by atoms with Gasteiger partial charge in [0.1, 0.15) is 0 Å². The van der Waals surface area contributed by atoms with Gasteiger partial charge in [-0.25, -0.2) is 0 Å². The van der Waals surface area contributed by atoms with Gasteiger partial charge in [-0.05, 0) is 12.3 Å². The molecule has 0 N–H and O–H groups in total. The molecule has 1 unspecified atom stereocenters. The predicted octanol–water partition coefficient (Wildman–Crippen LogP) is 6.76. The van der Waals surface area contributed by atoms with Crippen LogP contribution in [0, 0.1) is 31.6 Å². The van der Waals surface area contributed by atoms with Crippen molar-refractivity contribution in [2.45, 2.75) is 96.8 Å². The summed E-state index contributed by atoms with van der Waals surface area (Å²) in [6.07, 6.45) is 18.8. The standard InChI is InChI=1S/C20H36/c1-4-6-8-10-12-14-16-18-20(3)19-17-15-13-11-9-7-5-2/h20H,1-2,4,6,8-19H2,3H3. The zero-order valence-corrected chi connectivity index (χ0v) is 13.9.